The van der Waals surface area contributed by atoms with Crippen LogP contribution in [0.5, 0.6) is 0 Å². The van der Waals surface area contributed by atoms with Gasteiger partial charge in [0.2, 0.25) is 5.91 Å². The number of nitrogens with zero attached hydrogens (tertiary/aromatic N) is 2. The zero-order valence-corrected chi connectivity index (χ0v) is 16.8. The van der Waals surface area contributed by atoms with Gasteiger partial charge in [-0.3, -0.25) is 9.69 Å². The molecule has 1 saturated heterocycles. The molecule has 2 atom stereocenters. The Morgan fingerprint density at radius 1 is 1.25 bits per heavy atom. The SMILES string of the molecule is N#CC(NC(=O)[C@@H]1CCCN1C(=O)OCc1ccccc1)c1cccc(Br)c1. The van der Waals surface area contributed by atoms with Gasteiger partial charge in [-0.15, -0.1) is 0 Å². The minimum Gasteiger partial charge on any atom is -0.445 e. The largest absolute Gasteiger partial charge is 0.445 e. The zero-order chi connectivity index (χ0) is 19.9. The molecule has 0 aromatic heterocycles. The van der Waals surface area contributed by atoms with E-state index in [1.807, 2.05) is 36.4 Å². The van der Waals surface area contributed by atoms with Crippen molar-refractivity contribution < 1.29 is 14.3 Å². The van der Waals surface area contributed by atoms with Crippen LogP contribution in [0.2, 0.25) is 0 Å². The van der Waals surface area contributed by atoms with Crippen molar-refractivity contribution in [2.75, 3.05) is 6.54 Å². The van der Waals surface area contributed by atoms with E-state index in [2.05, 4.69) is 27.3 Å². The molecule has 1 aliphatic rings. The molecule has 2 aromatic rings. The molecule has 0 bridgehead atoms. The van der Waals surface area contributed by atoms with Gasteiger partial charge >= 0.3 is 6.09 Å². The monoisotopic (exact) mass is 441 g/mol. The van der Waals surface area contributed by atoms with Crippen molar-refractivity contribution in [1.29, 1.82) is 5.26 Å². The second-order valence-electron chi connectivity index (χ2n) is 6.52. The number of halogens is 1. The number of carbonyl (C=O) groups is 2. The highest BCUT2D eigenvalue weighted by atomic mass is 79.9. The summed E-state index contributed by atoms with van der Waals surface area (Å²) in [7, 11) is 0. The van der Waals surface area contributed by atoms with Gasteiger partial charge < -0.3 is 10.1 Å². The first kappa shape index (κ1) is 19.9. The van der Waals surface area contributed by atoms with Gasteiger partial charge in [-0.2, -0.15) is 5.26 Å². The summed E-state index contributed by atoms with van der Waals surface area (Å²) in [6.45, 7) is 0.614. The van der Waals surface area contributed by atoms with Gasteiger partial charge in [-0.1, -0.05) is 58.4 Å². The molecular weight excluding hydrogens is 422 g/mol. The van der Waals surface area contributed by atoms with E-state index in [4.69, 9.17) is 4.74 Å². The van der Waals surface area contributed by atoms with Crippen molar-refractivity contribution in [3.8, 4) is 6.07 Å². The van der Waals surface area contributed by atoms with Crippen molar-refractivity contribution in [3.63, 3.8) is 0 Å². The summed E-state index contributed by atoms with van der Waals surface area (Å²) in [5.74, 6) is -0.347. The zero-order valence-electron chi connectivity index (χ0n) is 15.2. The molecule has 0 saturated carbocycles. The Morgan fingerprint density at radius 3 is 2.75 bits per heavy atom. The molecule has 1 heterocycles. The van der Waals surface area contributed by atoms with E-state index in [0.717, 1.165) is 10.0 Å². The number of carbonyl (C=O) groups excluding carboxylic acids is 2. The number of nitrogens with one attached hydrogen (secondary N) is 1. The predicted octanol–water partition coefficient (Wildman–Crippen LogP) is 3.93. The first-order valence-electron chi connectivity index (χ1n) is 9.01. The Bertz CT molecular complexity index is 882. The van der Waals surface area contributed by atoms with Gasteiger partial charge in [0.1, 0.15) is 18.7 Å². The normalized spacial score (nSPS) is 16.9. The predicted molar refractivity (Wildman–Crippen MR) is 107 cm³/mol. The summed E-state index contributed by atoms with van der Waals surface area (Å²) < 4.78 is 6.19. The van der Waals surface area contributed by atoms with E-state index in [9.17, 15) is 14.9 Å². The van der Waals surface area contributed by atoms with E-state index < -0.39 is 18.2 Å². The maximum Gasteiger partial charge on any atom is 0.410 e. The van der Waals surface area contributed by atoms with Crippen LogP contribution in [0.1, 0.15) is 30.0 Å². The third-order valence-electron chi connectivity index (χ3n) is 4.59. The van der Waals surface area contributed by atoms with Crippen molar-refractivity contribution in [2.45, 2.75) is 31.5 Å². The lowest BCUT2D eigenvalue weighted by atomic mass is 10.1. The molecule has 1 aliphatic heterocycles. The van der Waals surface area contributed by atoms with Crippen LogP contribution < -0.4 is 5.32 Å². The summed E-state index contributed by atoms with van der Waals surface area (Å²) in [6, 6.07) is 17.3. The van der Waals surface area contributed by atoms with Gasteiger partial charge in [0, 0.05) is 11.0 Å². The van der Waals surface area contributed by atoms with Crippen LogP contribution in [0.4, 0.5) is 4.79 Å². The van der Waals surface area contributed by atoms with Crippen LogP contribution in [0.25, 0.3) is 0 Å². The first-order valence-corrected chi connectivity index (χ1v) is 9.80. The van der Waals surface area contributed by atoms with E-state index in [-0.39, 0.29) is 12.5 Å². The van der Waals surface area contributed by atoms with Gasteiger partial charge in [0.05, 0.1) is 6.07 Å². The lowest BCUT2D eigenvalue weighted by Gasteiger charge is -2.24. The maximum atomic E-state index is 12.7. The minimum atomic E-state index is -0.784. The summed E-state index contributed by atoms with van der Waals surface area (Å²) >= 11 is 3.37. The van der Waals surface area contributed by atoms with Crippen molar-refractivity contribution in [3.05, 3.63) is 70.2 Å². The van der Waals surface area contributed by atoms with Crippen LogP contribution in [0.15, 0.2) is 59.1 Å². The number of hydrogen-bond donors (Lipinski definition) is 1. The van der Waals surface area contributed by atoms with Crippen LogP contribution in [0, 0.1) is 11.3 Å². The Kier molecular flexibility index (Phi) is 6.66. The number of nitriles is 1. The number of ether oxygens (including phenoxy) is 1. The lowest BCUT2D eigenvalue weighted by molar-refractivity contribution is -0.125. The second-order valence-corrected chi connectivity index (χ2v) is 7.43. The van der Waals surface area contributed by atoms with Crippen LogP contribution in [-0.2, 0) is 16.1 Å². The Labute approximate surface area is 172 Å². The van der Waals surface area contributed by atoms with Crippen molar-refractivity contribution in [2.24, 2.45) is 0 Å². The smallest absolute Gasteiger partial charge is 0.410 e. The first-order chi connectivity index (χ1) is 13.6. The van der Waals surface area contributed by atoms with Crippen LogP contribution in [-0.4, -0.2) is 29.5 Å². The highest BCUT2D eigenvalue weighted by Crippen LogP contribution is 2.22. The van der Waals surface area contributed by atoms with Gasteiger partial charge in [0.25, 0.3) is 0 Å². The third-order valence-corrected chi connectivity index (χ3v) is 5.09. The summed E-state index contributed by atoms with van der Waals surface area (Å²) in [6.07, 6.45) is 0.743. The minimum absolute atomic E-state index is 0.156. The average molecular weight is 442 g/mol. The Balaban J connectivity index is 1.62. The standard InChI is InChI=1S/C21H20BrN3O3/c22-17-9-4-8-16(12-17)18(13-23)24-20(26)19-10-5-11-25(19)21(27)28-14-15-6-2-1-3-7-15/h1-4,6-9,12,18-19H,5,10-11,14H2,(H,24,26)/t18?,19-/m0/s1. The molecule has 1 fully saturated rings. The molecule has 28 heavy (non-hydrogen) atoms. The molecule has 1 unspecified atom stereocenters. The van der Waals surface area contributed by atoms with Crippen molar-refractivity contribution >= 4 is 27.9 Å². The second kappa shape index (κ2) is 9.38. The summed E-state index contributed by atoms with van der Waals surface area (Å²) in [5.41, 5.74) is 1.57. The molecule has 144 valence electrons. The number of amides is 2. The van der Waals surface area contributed by atoms with Crippen LogP contribution in [0.3, 0.4) is 0 Å². The summed E-state index contributed by atoms with van der Waals surface area (Å²) in [5, 5.41) is 12.2. The fourth-order valence-electron chi connectivity index (χ4n) is 3.17. The molecule has 0 radical (unpaired) electrons. The highest BCUT2D eigenvalue weighted by molar-refractivity contribution is 9.10. The topological polar surface area (TPSA) is 82.4 Å². The van der Waals surface area contributed by atoms with Gasteiger partial charge in [0.15, 0.2) is 0 Å². The molecule has 6 nitrogen and oxygen atoms in total. The highest BCUT2D eigenvalue weighted by Gasteiger charge is 2.36. The van der Waals surface area contributed by atoms with Gasteiger partial charge in [-0.05, 0) is 36.1 Å². The Morgan fingerprint density at radius 2 is 2.04 bits per heavy atom. The molecule has 1 N–H and O–H groups in total. The van der Waals surface area contributed by atoms with E-state index in [1.165, 1.54) is 4.90 Å². The van der Waals surface area contributed by atoms with Crippen LogP contribution >= 0.6 is 15.9 Å². The number of likely N-dealkylation sites (tertiary alicyclic amines) is 1. The lowest BCUT2D eigenvalue weighted by Crippen LogP contribution is -2.46. The third kappa shape index (κ3) is 4.90. The fourth-order valence-corrected chi connectivity index (χ4v) is 3.59. The quantitative estimate of drug-likeness (QED) is 0.761. The molecule has 0 aliphatic carbocycles. The number of rotatable bonds is 5. The molecule has 2 amide bonds. The maximum absolute atomic E-state index is 12.7. The Hall–Kier alpha value is -2.85. The molecule has 0 spiro atoms. The average Bonchev–Trinajstić information content (AvgIpc) is 3.21. The molecule has 2 aromatic carbocycles. The van der Waals surface area contributed by atoms with E-state index >= 15 is 0 Å². The van der Waals surface area contributed by atoms with Gasteiger partial charge in [-0.25, -0.2) is 4.79 Å². The summed E-state index contributed by atoms with van der Waals surface area (Å²) in [4.78, 5) is 26.6. The van der Waals surface area contributed by atoms with E-state index in [1.54, 1.807) is 18.2 Å². The number of hydrogen-bond acceptors (Lipinski definition) is 4. The fraction of sp³-hybridized carbons (Fsp3) is 0.286. The van der Waals surface area contributed by atoms with E-state index in [0.29, 0.717) is 24.9 Å². The molecule has 3 rings (SSSR count). The number of benzene rings is 2. The molecule has 7 heteroatoms. The van der Waals surface area contributed by atoms with Crippen molar-refractivity contribution in [1.82, 2.24) is 10.2 Å². The molecular formula is C21H20BrN3O3.